The van der Waals surface area contributed by atoms with Gasteiger partial charge in [0.1, 0.15) is 11.6 Å². The predicted octanol–water partition coefficient (Wildman–Crippen LogP) is 6.42. The third-order valence-electron chi connectivity index (χ3n) is 12.5. The first kappa shape index (κ1) is 34.1. The van der Waals surface area contributed by atoms with Crippen molar-refractivity contribution in [1.82, 2.24) is 5.32 Å². The summed E-state index contributed by atoms with van der Waals surface area (Å²) in [5.74, 6) is 11.0. The van der Waals surface area contributed by atoms with Crippen molar-refractivity contribution >= 4 is 11.6 Å². The molecule has 6 nitrogen and oxygen atoms in total. The van der Waals surface area contributed by atoms with E-state index in [9.17, 15) is 14.7 Å². The lowest BCUT2D eigenvalue weighted by atomic mass is 9.63. The number of nitrogens with two attached hydrogens (primary N) is 1. The number of hydrogen-bond acceptors (Lipinski definition) is 6. The van der Waals surface area contributed by atoms with Crippen LogP contribution < -0.4 is 11.1 Å². The first-order chi connectivity index (χ1) is 21.3. The van der Waals surface area contributed by atoms with Crippen molar-refractivity contribution in [2.75, 3.05) is 13.7 Å². The molecule has 0 amide bonds. The van der Waals surface area contributed by atoms with E-state index >= 15 is 0 Å². The molecule has 0 spiro atoms. The van der Waals surface area contributed by atoms with Crippen LogP contribution in [0.3, 0.4) is 0 Å². The molecule has 1 heterocycles. The number of piperidine rings is 1. The number of aliphatic hydroxyl groups is 1. The highest BCUT2D eigenvalue weighted by Gasteiger charge is 2.43. The maximum Gasteiger partial charge on any atom is 0.144 e. The number of ketones is 2. The number of hydrogen-bond donors (Lipinski definition) is 3. The predicted molar refractivity (Wildman–Crippen MR) is 175 cm³/mol. The second-order valence-electron chi connectivity index (χ2n) is 15.7. The first-order valence-corrected chi connectivity index (χ1v) is 18.6. The second kappa shape index (κ2) is 16.5. The van der Waals surface area contributed by atoms with E-state index in [0.717, 1.165) is 38.6 Å². The molecular weight excluding hydrogens is 548 g/mol. The van der Waals surface area contributed by atoms with Gasteiger partial charge in [0.25, 0.3) is 0 Å². The maximum absolute atomic E-state index is 14.0. The van der Waals surface area contributed by atoms with Gasteiger partial charge in [0.2, 0.25) is 0 Å². The number of carbonyl (C=O) groups is 2. The van der Waals surface area contributed by atoms with Crippen molar-refractivity contribution in [2.24, 2.45) is 59.0 Å². The van der Waals surface area contributed by atoms with E-state index < -0.39 is 6.10 Å². The van der Waals surface area contributed by atoms with Crippen molar-refractivity contribution in [3.8, 4) is 11.8 Å². The van der Waals surface area contributed by atoms with Crippen LogP contribution in [0.2, 0.25) is 0 Å². The molecule has 44 heavy (non-hydrogen) atoms. The normalized spacial score (nSPS) is 41.2. The molecule has 0 radical (unpaired) electrons. The zero-order chi connectivity index (χ0) is 31.1. The molecule has 248 valence electrons. The number of ether oxygens (including phenoxy) is 1. The average molecular weight is 611 g/mol. The van der Waals surface area contributed by atoms with E-state index in [1.807, 2.05) is 0 Å². The second-order valence-corrected chi connectivity index (χ2v) is 15.7. The van der Waals surface area contributed by atoms with E-state index in [1.54, 1.807) is 7.11 Å². The molecule has 1 aliphatic heterocycles. The smallest absolute Gasteiger partial charge is 0.144 e. The molecule has 6 heteroatoms. The van der Waals surface area contributed by atoms with Gasteiger partial charge in [-0.2, -0.15) is 0 Å². The van der Waals surface area contributed by atoms with Gasteiger partial charge in [0.15, 0.2) is 0 Å². The van der Waals surface area contributed by atoms with Crippen LogP contribution in [0.1, 0.15) is 129 Å². The fourth-order valence-electron chi connectivity index (χ4n) is 10.2. The first-order valence-electron chi connectivity index (χ1n) is 18.6. The number of nitrogens with one attached hydrogen (secondary N) is 1. The zero-order valence-corrected chi connectivity index (χ0v) is 27.8. The molecule has 5 rings (SSSR count). The lowest BCUT2D eigenvalue weighted by Gasteiger charge is -2.44. The molecular formula is C38H62N2O4. The largest absolute Gasteiger partial charge is 0.390 e. The van der Waals surface area contributed by atoms with Crippen molar-refractivity contribution in [3.05, 3.63) is 0 Å². The standard InChI is InChI=1S/C38H62N2O4/c1-3-4-8-25-17-27(18-26-15-16-40-38(39)21-26)19-29-12-14-32(28-9-6-5-7-10-28)33-24-36(43)37(44-2)22-30(33)11-13-31(41)23-35(42)34(29)20-25/h25-30,32-34,36-38,40,43H,3-11,13,15-24,39H2,1-2H3/t25-,26?,27-,29+,30?,32-,33?,34-,36?,37?,38?/m1/s1. The zero-order valence-electron chi connectivity index (χ0n) is 27.8. The molecule has 0 aromatic carbocycles. The summed E-state index contributed by atoms with van der Waals surface area (Å²) in [5.41, 5.74) is 6.32. The van der Waals surface area contributed by atoms with Gasteiger partial charge in [-0.25, -0.2) is 0 Å². The molecule has 0 aromatic heterocycles. The highest BCUT2D eigenvalue weighted by atomic mass is 16.5. The van der Waals surface area contributed by atoms with E-state index in [-0.39, 0.29) is 53.9 Å². The third kappa shape index (κ3) is 8.96. The summed E-state index contributed by atoms with van der Waals surface area (Å²) >= 11 is 0. The topological polar surface area (TPSA) is 102 Å². The van der Waals surface area contributed by atoms with E-state index in [0.29, 0.717) is 42.4 Å². The number of fused-ring (bicyclic) bond motifs is 2. The minimum atomic E-state index is -0.481. The Balaban J connectivity index is 1.49. The Hall–Kier alpha value is -1.26. The van der Waals surface area contributed by atoms with E-state index in [4.69, 9.17) is 10.5 Å². The third-order valence-corrected chi connectivity index (χ3v) is 12.5. The molecule has 4 N–H and O–H groups in total. The lowest BCUT2D eigenvalue weighted by molar-refractivity contribution is -0.130. The van der Waals surface area contributed by atoms with Crippen LogP contribution in [-0.2, 0) is 14.3 Å². The van der Waals surface area contributed by atoms with Gasteiger partial charge in [0.05, 0.1) is 24.8 Å². The van der Waals surface area contributed by atoms with E-state index in [1.165, 1.54) is 70.6 Å². The van der Waals surface area contributed by atoms with Crippen LogP contribution in [0.4, 0.5) is 0 Å². The van der Waals surface area contributed by atoms with Crippen LogP contribution in [0.5, 0.6) is 0 Å². The SMILES string of the molecule is CCCC[C@@H]1C[C@H](CC2CCNC(N)C2)C[C@@H]2C#C[C@H](C3CCCCC3)C3CC(O)C(OC)CC3CCC(=O)CC(=O)[C@@H]2C1. The molecule has 0 aromatic rings. The summed E-state index contributed by atoms with van der Waals surface area (Å²) in [5, 5.41) is 14.5. The van der Waals surface area contributed by atoms with Crippen LogP contribution in [0, 0.1) is 65.1 Å². The van der Waals surface area contributed by atoms with Gasteiger partial charge in [0, 0.05) is 31.3 Å². The van der Waals surface area contributed by atoms with Gasteiger partial charge < -0.3 is 20.9 Å². The van der Waals surface area contributed by atoms with Crippen molar-refractivity contribution < 1.29 is 19.4 Å². The summed E-state index contributed by atoms with van der Waals surface area (Å²) in [6, 6.07) is 0. The van der Waals surface area contributed by atoms with Crippen molar-refractivity contribution in [3.63, 3.8) is 0 Å². The minimum absolute atomic E-state index is 0.0199. The van der Waals surface area contributed by atoms with E-state index in [2.05, 4.69) is 24.1 Å². The minimum Gasteiger partial charge on any atom is -0.390 e. The molecule has 6 unspecified atom stereocenters. The molecule has 11 atom stereocenters. The summed E-state index contributed by atoms with van der Waals surface area (Å²) < 4.78 is 5.72. The van der Waals surface area contributed by atoms with Crippen molar-refractivity contribution in [1.29, 1.82) is 0 Å². The Morgan fingerprint density at radius 3 is 2.48 bits per heavy atom. The Morgan fingerprint density at radius 1 is 0.909 bits per heavy atom. The number of unbranched alkanes of at least 4 members (excludes halogenated alkanes) is 1. The average Bonchev–Trinajstić information content (AvgIpc) is 3.18. The van der Waals surface area contributed by atoms with Crippen LogP contribution >= 0.6 is 0 Å². The fourth-order valence-corrected chi connectivity index (χ4v) is 10.2. The Labute approximate surface area is 267 Å². The molecule has 5 aliphatic rings. The number of carbonyl (C=O) groups excluding carboxylic acids is 2. The Bertz CT molecular complexity index is 999. The van der Waals surface area contributed by atoms with Gasteiger partial charge in [-0.05, 0) is 113 Å². The summed E-state index contributed by atoms with van der Waals surface area (Å²) in [6.45, 7) is 3.25. The molecule has 4 fully saturated rings. The molecule has 4 aliphatic carbocycles. The quantitative estimate of drug-likeness (QED) is 0.227. The van der Waals surface area contributed by atoms with Crippen LogP contribution in [0.25, 0.3) is 0 Å². The van der Waals surface area contributed by atoms with Crippen LogP contribution in [0.15, 0.2) is 0 Å². The molecule has 1 saturated heterocycles. The Morgan fingerprint density at radius 2 is 1.73 bits per heavy atom. The van der Waals surface area contributed by atoms with Gasteiger partial charge in [-0.3, -0.25) is 9.59 Å². The maximum atomic E-state index is 14.0. The fraction of sp³-hybridized carbons (Fsp3) is 0.895. The summed E-state index contributed by atoms with van der Waals surface area (Å²) in [4.78, 5) is 27.4. The van der Waals surface area contributed by atoms with Gasteiger partial charge in [-0.15, -0.1) is 0 Å². The summed E-state index contributed by atoms with van der Waals surface area (Å²) in [7, 11) is 1.69. The monoisotopic (exact) mass is 610 g/mol. The number of methoxy groups -OCH3 is 1. The van der Waals surface area contributed by atoms with Gasteiger partial charge in [-0.1, -0.05) is 57.3 Å². The molecule has 3 saturated carbocycles. The number of Topliss-reactive ketones (excluding diaryl/α,β-unsaturated/α-hetero) is 2. The molecule has 0 bridgehead atoms. The summed E-state index contributed by atoms with van der Waals surface area (Å²) in [6.07, 6.45) is 18.4. The van der Waals surface area contributed by atoms with Crippen LogP contribution in [-0.4, -0.2) is 48.7 Å². The Kier molecular flexibility index (Phi) is 12.8. The van der Waals surface area contributed by atoms with Crippen molar-refractivity contribution in [2.45, 2.75) is 147 Å². The highest BCUT2D eigenvalue weighted by Crippen LogP contribution is 2.46. The number of rotatable bonds is 7. The van der Waals surface area contributed by atoms with Gasteiger partial charge >= 0.3 is 0 Å². The lowest BCUT2D eigenvalue weighted by Crippen LogP contribution is -2.44. The number of aliphatic hydroxyl groups excluding tert-OH is 1. The highest BCUT2D eigenvalue weighted by molar-refractivity contribution is 6.00.